The molecule has 11 N–H and O–H groups in total. The van der Waals surface area contributed by atoms with Gasteiger partial charge in [0.25, 0.3) is 0 Å². The van der Waals surface area contributed by atoms with E-state index >= 15 is 0 Å². The predicted octanol–water partition coefficient (Wildman–Crippen LogP) is -4.79. The first kappa shape index (κ1) is 36.6. The Kier molecular flexibility index (Phi) is 14.8. The Morgan fingerprint density at radius 3 is 1.93 bits per heavy atom. The molecule has 1 aliphatic heterocycles. The first-order valence-electron chi connectivity index (χ1n) is 13.5. The Bertz CT molecular complexity index is 979. The molecule has 0 aromatic carbocycles. The van der Waals surface area contributed by atoms with Gasteiger partial charge < -0.3 is 57.5 Å². The molecular formula is C25H44N6O11. The van der Waals surface area contributed by atoms with Crippen molar-refractivity contribution in [1.29, 1.82) is 0 Å². The van der Waals surface area contributed by atoms with E-state index in [0.29, 0.717) is 0 Å². The molecule has 0 radical (unpaired) electrons. The summed E-state index contributed by atoms with van der Waals surface area (Å²) in [6, 6.07) is -5.14. The van der Waals surface area contributed by atoms with Crippen LogP contribution < -0.4 is 32.3 Å². The molecule has 0 aliphatic carbocycles. The molecular weight excluding hydrogens is 560 g/mol. The molecule has 1 aliphatic rings. The fourth-order valence-corrected chi connectivity index (χ4v) is 4.31. The molecule has 1 saturated heterocycles. The smallest absolute Gasteiger partial charge is 0.243 e. The number of rotatable bonds is 15. The Morgan fingerprint density at radius 2 is 1.45 bits per heavy atom. The van der Waals surface area contributed by atoms with Crippen molar-refractivity contribution in [2.45, 2.75) is 109 Å². The van der Waals surface area contributed by atoms with Gasteiger partial charge in [0.2, 0.25) is 35.4 Å². The average molecular weight is 605 g/mol. The molecule has 9 atom stereocenters. The SMILES string of the molecule is CC(=O)N[C@@H]1[C@@H](O)[C@H](O)[C@@H](CO)O[C@H]1NC(=O)CC[C@H](NC(C)=O)C(=O)N[C@@H](CC(C)C)C(=O)N[C@H](C(N)=O)[C@@H](C)O. The second-order valence-corrected chi connectivity index (χ2v) is 10.7. The molecule has 17 nitrogen and oxygen atoms in total. The van der Waals surface area contributed by atoms with Crippen molar-refractivity contribution in [2.75, 3.05) is 6.61 Å². The van der Waals surface area contributed by atoms with Crippen LogP contribution in [0.1, 0.15) is 53.9 Å². The number of carbonyl (C=O) groups is 6. The van der Waals surface area contributed by atoms with Crippen LogP contribution in [-0.2, 0) is 33.5 Å². The van der Waals surface area contributed by atoms with Gasteiger partial charge in [0, 0.05) is 20.3 Å². The van der Waals surface area contributed by atoms with Crippen LogP contribution in [0.3, 0.4) is 0 Å². The highest BCUT2D eigenvalue weighted by molar-refractivity contribution is 5.94. The fourth-order valence-electron chi connectivity index (χ4n) is 4.31. The van der Waals surface area contributed by atoms with E-state index in [9.17, 15) is 49.2 Å². The lowest BCUT2D eigenvalue weighted by atomic mass is 9.95. The number of amides is 6. The van der Waals surface area contributed by atoms with E-state index in [1.807, 2.05) is 0 Å². The zero-order valence-corrected chi connectivity index (χ0v) is 24.3. The first-order chi connectivity index (χ1) is 19.5. The minimum atomic E-state index is -1.59. The summed E-state index contributed by atoms with van der Waals surface area (Å²) in [4.78, 5) is 73.8. The number of primary amides is 1. The lowest BCUT2D eigenvalue weighted by Gasteiger charge is -2.42. The topological polar surface area (TPSA) is 279 Å². The Morgan fingerprint density at radius 1 is 0.857 bits per heavy atom. The highest BCUT2D eigenvalue weighted by Crippen LogP contribution is 2.20. The number of hydrogen-bond acceptors (Lipinski definition) is 11. The van der Waals surface area contributed by atoms with E-state index < -0.39 is 96.9 Å². The summed E-state index contributed by atoms with van der Waals surface area (Å²) in [5, 5.41) is 51.7. The van der Waals surface area contributed by atoms with Crippen LogP contribution in [-0.4, -0.2) is 117 Å². The van der Waals surface area contributed by atoms with Crippen molar-refractivity contribution in [3.63, 3.8) is 0 Å². The summed E-state index contributed by atoms with van der Waals surface area (Å²) in [5.74, 6) is -4.61. The molecule has 240 valence electrons. The maximum atomic E-state index is 13.1. The van der Waals surface area contributed by atoms with Crippen LogP contribution in [0.15, 0.2) is 0 Å². The van der Waals surface area contributed by atoms with Crippen LogP contribution in [0, 0.1) is 5.92 Å². The maximum absolute atomic E-state index is 13.1. The van der Waals surface area contributed by atoms with Gasteiger partial charge in [-0.25, -0.2) is 0 Å². The number of aliphatic hydroxyl groups is 4. The normalized spacial score (nSPS) is 24.9. The average Bonchev–Trinajstić information content (AvgIpc) is 2.87. The van der Waals surface area contributed by atoms with Gasteiger partial charge in [-0.05, 0) is 25.7 Å². The molecule has 0 saturated carbocycles. The third kappa shape index (κ3) is 11.5. The molecule has 0 bridgehead atoms. The van der Waals surface area contributed by atoms with Crippen LogP contribution in [0.25, 0.3) is 0 Å². The van der Waals surface area contributed by atoms with Crippen LogP contribution in [0.5, 0.6) is 0 Å². The summed E-state index contributed by atoms with van der Waals surface area (Å²) in [5.41, 5.74) is 5.23. The first-order valence-corrected chi connectivity index (χ1v) is 13.5. The number of ether oxygens (including phenoxy) is 1. The van der Waals surface area contributed by atoms with Crippen molar-refractivity contribution < 1.29 is 53.9 Å². The van der Waals surface area contributed by atoms with E-state index in [1.165, 1.54) is 6.92 Å². The molecule has 1 fully saturated rings. The van der Waals surface area contributed by atoms with Crippen molar-refractivity contribution in [1.82, 2.24) is 26.6 Å². The predicted molar refractivity (Wildman–Crippen MR) is 145 cm³/mol. The van der Waals surface area contributed by atoms with Crippen LogP contribution in [0.2, 0.25) is 0 Å². The number of nitrogens with two attached hydrogens (primary N) is 1. The van der Waals surface area contributed by atoms with Crippen molar-refractivity contribution in [3.8, 4) is 0 Å². The molecule has 17 heteroatoms. The third-order valence-electron chi connectivity index (χ3n) is 6.38. The van der Waals surface area contributed by atoms with Gasteiger partial charge in [-0.1, -0.05) is 13.8 Å². The van der Waals surface area contributed by atoms with E-state index in [-0.39, 0.29) is 25.2 Å². The van der Waals surface area contributed by atoms with Crippen molar-refractivity contribution >= 4 is 35.4 Å². The van der Waals surface area contributed by atoms with E-state index in [4.69, 9.17) is 10.5 Å². The number of nitrogens with one attached hydrogen (secondary N) is 5. The molecule has 0 spiro atoms. The van der Waals surface area contributed by atoms with Gasteiger partial charge in [0.05, 0.1) is 12.7 Å². The summed E-state index contributed by atoms with van der Waals surface area (Å²) in [6.45, 7) is 6.42. The van der Waals surface area contributed by atoms with Gasteiger partial charge in [-0.15, -0.1) is 0 Å². The highest BCUT2D eigenvalue weighted by atomic mass is 16.5. The standard InChI is InChI=1S/C25H44N6O11/c1-10(2)8-15(24(41)31-18(11(3)33)22(26)39)29-23(40)14(27-12(4)34)6-7-17(36)30-25-19(28-13(5)35)21(38)20(37)16(9-32)42-25/h10-11,14-16,18-21,25,32-33,37-38H,6-9H2,1-5H3,(H2,26,39)(H,27,34)(H,28,35)(H,29,40)(H,30,36)(H,31,41)/t11-,14+,15+,16-,18+,19-,20-,21-,25-/m1/s1. The molecule has 0 unspecified atom stereocenters. The fraction of sp³-hybridized carbons (Fsp3) is 0.760. The van der Waals surface area contributed by atoms with E-state index in [0.717, 1.165) is 13.8 Å². The maximum Gasteiger partial charge on any atom is 0.243 e. The monoisotopic (exact) mass is 604 g/mol. The quantitative estimate of drug-likeness (QED) is 0.0846. The summed E-state index contributed by atoms with van der Waals surface area (Å²) >= 11 is 0. The Labute approximate surface area is 243 Å². The minimum Gasteiger partial charge on any atom is -0.394 e. The van der Waals surface area contributed by atoms with Gasteiger partial charge in [0.1, 0.15) is 42.5 Å². The zero-order valence-electron chi connectivity index (χ0n) is 24.3. The number of carbonyl (C=O) groups excluding carboxylic acids is 6. The van der Waals surface area contributed by atoms with E-state index in [2.05, 4.69) is 26.6 Å². The zero-order chi connectivity index (χ0) is 32.3. The van der Waals surface area contributed by atoms with Gasteiger partial charge >= 0.3 is 0 Å². The lowest BCUT2D eigenvalue weighted by molar-refractivity contribution is -0.203. The Balaban J connectivity index is 3.00. The van der Waals surface area contributed by atoms with Crippen LogP contribution >= 0.6 is 0 Å². The molecule has 1 heterocycles. The minimum absolute atomic E-state index is 0.103. The number of hydrogen-bond donors (Lipinski definition) is 10. The van der Waals surface area contributed by atoms with Crippen molar-refractivity contribution in [3.05, 3.63) is 0 Å². The summed E-state index contributed by atoms with van der Waals surface area (Å²) in [7, 11) is 0. The third-order valence-corrected chi connectivity index (χ3v) is 6.38. The van der Waals surface area contributed by atoms with Gasteiger partial charge in [-0.2, -0.15) is 0 Å². The lowest BCUT2D eigenvalue weighted by Crippen LogP contribution is -2.68. The second-order valence-electron chi connectivity index (χ2n) is 10.7. The van der Waals surface area contributed by atoms with Gasteiger partial charge in [0.15, 0.2) is 6.23 Å². The molecule has 0 aromatic heterocycles. The molecule has 6 amide bonds. The van der Waals surface area contributed by atoms with Crippen molar-refractivity contribution in [2.24, 2.45) is 11.7 Å². The Hall–Kier alpha value is -3.38. The van der Waals surface area contributed by atoms with Gasteiger partial charge in [-0.3, -0.25) is 28.8 Å². The molecule has 0 aromatic rings. The summed E-state index contributed by atoms with van der Waals surface area (Å²) < 4.78 is 5.45. The molecule has 42 heavy (non-hydrogen) atoms. The second kappa shape index (κ2) is 16.9. The highest BCUT2D eigenvalue weighted by Gasteiger charge is 2.45. The summed E-state index contributed by atoms with van der Waals surface area (Å²) in [6.07, 6.45) is -7.56. The van der Waals surface area contributed by atoms with E-state index in [1.54, 1.807) is 13.8 Å². The van der Waals surface area contributed by atoms with Crippen LogP contribution in [0.4, 0.5) is 0 Å². The molecule has 1 rings (SSSR count). The number of aliphatic hydroxyl groups excluding tert-OH is 4. The largest absolute Gasteiger partial charge is 0.394 e.